The quantitative estimate of drug-likeness (QED) is 0.818. The summed E-state index contributed by atoms with van der Waals surface area (Å²) in [4.78, 5) is 23.7. The summed E-state index contributed by atoms with van der Waals surface area (Å²) < 4.78 is 37.4. The van der Waals surface area contributed by atoms with Gasteiger partial charge in [0.15, 0.2) is 0 Å². The number of carbonyl (C=O) groups is 2. The molecule has 4 nitrogen and oxygen atoms in total. The summed E-state index contributed by atoms with van der Waals surface area (Å²) in [6.45, 7) is 0.398. The van der Waals surface area contributed by atoms with Crippen LogP contribution in [0, 0.1) is 0 Å². The fourth-order valence-electron chi connectivity index (χ4n) is 1.63. The van der Waals surface area contributed by atoms with E-state index in [9.17, 15) is 22.8 Å². The zero-order chi connectivity index (χ0) is 16.0. The van der Waals surface area contributed by atoms with E-state index in [1.54, 1.807) is 6.92 Å². The van der Waals surface area contributed by atoms with Crippen molar-refractivity contribution in [1.82, 2.24) is 4.90 Å². The van der Waals surface area contributed by atoms with E-state index in [1.165, 1.54) is 17.5 Å². The number of halogens is 3. The molecule has 0 atom stereocenters. The molecule has 0 aliphatic carbocycles. The van der Waals surface area contributed by atoms with Gasteiger partial charge in [-0.15, -0.1) is 11.3 Å². The second-order valence-corrected chi connectivity index (χ2v) is 5.19. The van der Waals surface area contributed by atoms with Crippen molar-refractivity contribution in [2.75, 3.05) is 13.1 Å². The zero-order valence-corrected chi connectivity index (χ0v) is 12.0. The Hall–Kier alpha value is -1.83. The van der Waals surface area contributed by atoms with Crippen LogP contribution in [0.4, 0.5) is 13.2 Å². The van der Waals surface area contributed by atoms with E-state index in [4.69, 9.17) is 5.11 Å². The molecule has 1 heterocycles. The van der Waals surface area contributed by atoms with Gasteiger partial charge in [0, 0.05) is 22.9 Å². The van der Waals surface area contributed by atoms with Gasteiger partial charge in [0.05, 0.1) is 5.56 Å². The van der Waals surface area contributed by atoms with Gasteiger partial charge in [-0.25, -0.2) is 4.79 Å². The summed E-state index contributed by atoms with van der Waals surface area (Å²) in [5, 5.41) is 9.91. The molecule has 0 aliphatic rings. The van der Waals surface area contributed by atoms with Gasteiger partial charge < -0.3 is 10.0 Å². The molecule has 0 aromatic carbocycles. The van der Waals surface area contributed by atoms with Crippen LogP contribution < -0.4 is 0 Å². The van der Waals surface area contributed by atoms with E-state index >= 15 is 0 Å². The third-order valence-corrected chi connectivity index (χ3v) is 3.31. The minimum Gasteiger partial charge on any atom is -0.478 e. The maximum Gasteiger partial charge on any atom is 0.406 e. The fraction of sp³-hybridized carbons (Fsp3) is 0.385. The number of carboxylic acid groups (broad SMARTS) is 1. The highest BCUT2D eigenvalue weighted by Gasteiger charge is 2.33. The Labute approximate surface area is 123 Å². The van der Waals surface area contributed by atoms with E-state index < -0.39 is 24.6 Å². The van der Waals surface area contributed by atoms with Crippen molar-refractivity contribution in [1.29, 1.82) is 0 Å². The summed E-state index contributed by atoms with van der Waals surface area (Å²) in [6.07, 6.45) is -1.85. The van der Waals surface area contributed by atoms with Crippen LogP contribution in [0.25, 0.3) is 6.08 Å². The number of carbonyl (C=O) groups excluding carboxylic acids is 1. The van der Waals surface area contributed by atoms with Crippen molar-refractivity contribution >= 4 is 29.3 Å². The molecule has 0 radical (unpaired) electrons. The number of hydrogen-bond donors (Lipinski definition) is 1. The number of aliphatic carboxylic acids is 1. The van der Waals surface area contributed by atoms with Crippen LogP contribution >= 0.6 is 11.3 Å². The van der Waals surface area contributed by atoms with E-state index in [1.807, 2.05) is 0 Å². The second-order valence-electron chi connectivity index (χ2n) is 4.25. The molecule has 0 saturated carbocycles. The lowest BCUT2D eigenvalue weighted by molar-refractivity contribution is -0.140. The molecule has 21 heavy (non-hydrogen) atoms. The van der Waals surface area contributed by atoms with Crippen molar-refractivity contribution in [2.24, 2.45) is 0 Å². The predicted octanol–water partition coefficient (Wildman–Crippen LogP) is 3.26. The molecule has 1 N–H and O–H groups in total. The van der Waals surface area contributed by atoms with Crippen LogP contribution in [-0.2, 0) is 4.79 Å². The first-order valence-corrected chi connectivity index (χ1v) is 6.96. The SMILES string of the molecule is CCCN(CC(F)(F)F)C(=O)c1csc(C=CC(=O)O)c1. The number of hydrogen-bond acceptors (Lipinski definition) is 3. The van der Waals surface area contributed by atoms with Gasteiger partial charge >= 0.3 is 12.1 Å². The van der Waals surface area contributed by atoms with Crippen LogP contribution in [-0.4, -0.2) is 41.1 Å². The van der Waals surface area contributed by atoms with Crippen LogP contribution in [0.3, 0.4) is 0 Å². The summed E-state index contributed by atoms with van der Waals surface area (Å²) in [5.74, 6) is -1.85. The molecule has 1 amide bonds. The summed E-state index contributed by atoms with van der Waals surface area (Å²) in [5.41, 5.74) is 0.128. The Morgan fingerprint density at radius 1 is 1.43 bits per heavy atom. The lowest BCUT2D eigenvalue weighted by atomic mass is 10.2. The van der Waals surface area contributed by atoms with Gasteiger partial charge in [-0.2, -0.15) is 13.2 Å². The van der Waals surface area contributed by atoms with E-state index in [0.717, 1.165) is 22.3 Å². The first-order chi connectivity index (χ1) is 9.73. The lowest BCUT2D eigenvalue weighted by Crippen LogP contribution is -2.39. The molecular weight excluding hydrogens is 307 g/mol. The molecule has 0 spiro atoms. The number of carboxylic acids is 1. The third kappa shape index (κ3) is 5.99. The Balaban J connectivity index is 2.86. The maximum absolute atomic E-state index is 12.5. The Morgan fingerprint density at radius 3 is 2.62 bits per heavy atom. The van der Waals surface area contributed by atoms with Crippen LogP contribution in [0.2, 0.25) is 0 Å². The van der Waals surface area contributed by atoms with Crippen molar-refractivity contribution in [2.45, 2.75) is 19.5 Å². The smallest absolute Gasteiger partial charge is 0.406 e. The lowest BCUT2D eigenvalue weighted by Gasteiger charge is -2.22. The minimum atomic E-state index is -4.45. The molecule has 8 heteroatoms. The third-order valence-electron chi connectivity index (χ3n) is 2.41. The van der Waals surface area contributed by atoms with Gasteiger partial charge in [-0.1, -0.05) is 6.92 Å². The second kappa shape index (κ2) is 7.26. The first kappa shape index (κ1) is 17.2. The number of rotatable bonds is 6. The van der Waals surface area contributed by atoms with Crippen LogP contribution in [0.5, 0.6) is 0 Å². The monoisotopic (exact) mass is 321 g/mol. The van der Waals surface area contributed by atoms with E-state index in [-0.39, 0.29) is 12.1 Å². The van der Waals surface area contributed by atoms with E-state index in [0.29, 0.717) is 11.3 Å². The van der Waals surface area contributed by atoms with Gasteiger partial charge in [0.25, 0.3) is 5.91 Å². The molecule has 0 saturated heterocycles. The van der Waals surface area contributed by atoms with Crippen LogP contribution in [0.1, 0.15) is 28.6 Å². The highest BCUT2D eigenvalue weighted by Crippen LogP contribution is 2.21. The Morgan fingerprint density at radius 2 is 2.10 bits per heavy atom. The molecule has 116 valence electrons. The van der Waals surface area contributed by atoms with E-state index in [2.05, 4.69) is 0 Å². The standard InChI is InChI=1S/C13H14F3NO3S/c1-2-5-17(8-13(14,15)16)12(20)9-6-10(21-7-9)3-4-11(18)19/h3-4,6-7H,2,5,8H2,1H3,(H,18,19). The predicted molar refractivity (Wildman–Crippen MR) is 73.2 cm³/mol. The minimum absolute atomic E-state index is 0.00842. The number of alkyl halides is 3. The largest absolute Gasteiger partial charge is 0.478 e. The number of nitrogens with zero attached hydrogens (tertiary/aromatic N) is 1. The molecule has 0 fully saturated rings. The van der Waals surface area contributed by atoms with Crippen molar-refractivity contribution in [3.05, 3.63) is 28.0 Å². The number of thiophene rings is 1. The summed E-state index contributed by atoms with van der Waals surface area (Å²) in [7, 11) is 0. The first-order valence-electron chi connectivity index (χ1n) is 6.08. The van der Waals surface area contributed by atoms with Gasteiger partial charge in [0.2, 0.25) is 0 Å². The Bertz CT molecular complexity index is 537. The maximum atomic E-state index is 12.5. The fourth-order valence-corrected chi connectivity index (χ4v) is 2.40. The molecule has 0 unspecified atom stereocenters. The average molecular weight is 321 g/mol. The zero-order valence-electron chi connectivity index (χ0n) is 11.2. The van der Waals surface area contributed by atoms with Crippen LogP contribution in [0.15, 0.2) is 17.5 Å². The number of amides is 1. The molecule has 0 bridgehead atoms. The molecule has 1 aromatic heterocycles. The van der Waals surface area contributed by atoms with Crippen molar-refractivity contribution in [3.8, 4) is 0 Å². The highest BCUT2D eigenvalue weighted by molar-refractivity contribution is 7.11. The van der Waals surface area contributed by atoms with Gasteiger partial charge in [-0.3, -0.25) is 4.79 Å². The van der Waals surface area contributed by atoms with Gasteiger partial charge in [-0.05, 0) is 18.6 Å². The summed E-state index contributed by atoms with van der Waals surface area (Å²) >= 11 is 1.09. The topological polar surface area (TPSA) is 57.6 Å². The van der Waals surface area contributed by atoms with Crippen molar-refractivity contribution < 1.29 is 27.9 Å². The molecular formula is C13H14F3NO3S. The summed E-state index contributed by atoms with van der Waals surface area (Å²) in [6, 6.07) is 1.38. The van der Waals surface area contributed by atoms with Gasteiger partial charge in [0.1, 0.15) is 6.54 Å². The molecule has 1 rings (SSSR count). The average Bonchev–Trinajstić information content (AvgIpc) is 2.82. The Kier molecular flexibility index (Phi) is 5.95. The molecule has 0 aliphatic heterocycles. The highest BCUT2D eigenvalue weighted by atomic mass is 32.1. The normalized spacial score (nSPS) is 11.8. The van der Waals surface area contributed by atoms with Crippen molar-refractivity contribution in [3.63, 3.8) is 0 Å². The molecule has 1 aromatic rings.